The van der Waals surface area contributed by atoms with Crippen LogP contribution in [0.2, 0.25) is 0 Å². The topological polar surface area (TPSA) is 6.48 Å². The van der Waals surface area contributed by atoms with Gasteiger partial charge in [0.2, 0.25) is 0 Å². The molecule has 114 valence electrons. The van der Waals surface area contributed by atoms with E-state index in [9.17, 15) is 0 Å². The predicted molar refractivity (Wildman–Crippen MR) is 83.8 cm³/mol. The minimum Gasteiger partial charge on any atom is -0.298 e. The van der Waals surface area contributed by atoms with Gasteiger partial charge in [-0.1, -0.05) is 13.3 Å². The minimum atomic E-state index is 0.832. The standard InChI is InChI=1S/C18H32N2/c1-3-16-11-19-8-4-5-17(19)12-20(16)13(2)18-10-14-6-7-15(18)9-14/h13-18H,3-12H2,1-2H3. The van der Waals surface area contributed by atoms with Crippen LogP contribution in [0, 0.1) is 17.8 Å². The van der Waals surface area contributed by atoms with Crippen molar-refractivity contribution in [3.8, 4) is 0 Å². The summed E-state index contributed by atoms with van der Waals surface area (Å²) in [7, 11) is 0. The van der Waals surface area contributed by atoms with E-state index in [4.69, 9.17) is 0 Å². The van der Waals surface area contributed by atoms with Crippen molar-refractivity contribution in [2.75, 3.05) is 19.6 Å². The SMILES string of the molecule is CCC1CN2CCCC2CN1C(C)C1CC2CCC1C2. The first-order valence-electron chi connectivity index (χ1n) is 9.26. The van der Waals surface area contributed by atoms with Crippen molar-refractivity contribution in [2.24, 2.45) is 17.8 Å². The van der Waals surface area contributed by atoms with Crippen LogP contribution in [0.3, 0.4) is 0 Å². The lowest BCUT2D eigenvalue weighted by molar-refractivity contribution is -0.00352. The number of hydrogen-bond donors (Lipinski definition) is 0. The number of rotatable bonds is 3. The van der Waals surface area contributed by atoms with Gasteiger partial charge < -0.3 is 0 Å². The van der Waals surface area contributed by atoms with Gasteiger partial charge in [0.05, 0.1) is 0 Å². The summed E-state index contributed by atoms with van der Waals surface area (Å²) in [5, 5.41) is 0. The van der Waals surface area contributed by atoms with E-state index >= 15 is 0 Å². The second-order valence-corrected chi connectivity index (χ2v) is 8.13. The Kier molecular flexibility index (Phi) is 3.58. The molecule has 2 heteroatoms. The largest absolute Gasteiger partial charge is 0.298 e. The zero-order valence-electron chi connectivity index (χ0n) is 13.4. The molecule has 2 bridgehead atoms. The Morgan fingerprint density at radius 3 is 2.70 bits per heavy atom. The van der Waals surface area contributed by atoms with Crippen LogP contribution in [0.1, 0.15) is 58.8 Å². The highest BCUT2D eigenvalue weighted by molar-refractivity contribution is 4.99. The summed E-state index contributed by atoms with van der Waals surface area (Å²) in [5.41, 5.74) is 0. The van der Waals surface area contributed by atoms with E-state index < -0.39 is 0 Å². The van der Waals surface area contributed by atoms with E-state index in [1.807, 2.05) is 0 Å². The number of hydrogen-bond acceptors (Lipinski definition) is 2. The van der Waals surface area contributed by atoms with Gasteiger partial charge in [-0.05, 0) is 69.7 Å². The first kappa shape index (κ1) is 13.6. The zero-order chi connectivity index (χ0) is 13.7. The van der Waals surface area contributed by atoms with Crippen molar-refractivity contribution in [3.05, 3.63) is 0 Å². The summed E-state index contributed by atoms with van der Waals surface area (Å²) in [5.74, 6) is 3.20. The van der Waals surface area contributed by atoms with E-state index in [0.717, 1.165) is 35.9 Å². The normalized spacial score (nSPS) is 46.8. The van der Waals surface area contributed by atoms with Gasteiger partial charge in [0, 0.05) is 31.2 Å². The van der Waals surface area contributed by atoms with Crippen molar-refractivity contribution in [3.63, 3.8) is 0 Å². The fraction of sp³-hybridized carbons (Fsp3) is 1.00. The number of piperazine rings is 1. The maximum Gasteiger partial charge on any atom is 0.0224 e. The maximum absolute atomic E-state index is 2.94. The van der Waals surface area contributed by atoms with Crippen molar-refractivity contribution < 1.29 is 0 Å². The van der Waals surface area contributed by atoms with E-state index in [1.54, 1.807) is 25.7 Å². The molecule has 4 fully saturated rings. The van der Waals surface area contributed by atoms with Crippen LogP contribution in [0.4, 0.5) is 0 Å². The van der Waals surface area contributed by atoms with Gasteiger partial charge >= 0.3 is 0 Å². The highest BCUT2D eigenvalue weighted by Gasteiger charge is 2.46. The molecular formula is C18H32N2. The average molecular weight is 276 g/mol. The third-order valence-corrected chi connectivity index (χ3v) is 7.24. The fourth-order valence-corrected chi connectivity index (χ4v) is 6.10. The molecule has 2 heterocycles. The molecule has 0 aromatic rings. The Bertz CT molecular complexity index is 355. The number of nitrogens with zero attached hydrogens (tertiary/aromatic N) is 2. The average Bonchev–Trinajstić information content (AvgIpc) is 3.20. The van der Waals surface area contributed by atoms with E-state index in [-0.39, 0.29) is 0 Å². The maximum atomic E-state index is 2.94. The van der Waals surface area contributed by atoms with Crippen LogP contribution >= 0.6 is 0 Å². The van der Waals surface area contributed by atoms with Crippen LogP contribution < -0.4 is 0 Å². The molecule has 2 nitrogen and oxygen atoms in total. The Labute approximate surface area is 124 Å². The fourth-order valence-electron chi connectivity index (χ4n) is 6.10. The first-order chi connectivity index (χ1) is 9.76. The summed E-state index contributed by atoms with van der Waals surface area (Å²) in [4.78, 5) is 5.73. The summed E-state index contributed by atoms with van der Waals surface area (Å²) >= 11 is 0. The lowest BCUT2D eigenvalue weighted by atomic mass is 9.82. The molecule has 0 amide bonds. The molecule has 2 saturated carbocycles. The zero-order valence-corrected chi connectivity index (χ0v) is 13.4. The van der Waals surface area contributed by atoms with Gasteiger partial charge in [0.15, 0.2) is 0 Å². The quantitative estimate of drug-likeness (QED) is 0.780. The molecule has 0 radical (unpaired) electrons. The lowest BCUT2D eigenvalue weighted by Crippen LogP contribution is -2.59. The molecule has 6 atom stereocenters. The molecule has 0 spiro atoms. The van der Waals surface area contributed by atoms with E-state index in [2.05, 4.69) is 23.6 Å². The van der Waals surface area contributed by atoms with Gasteiger partial charge in [0.1, 0.15) is 0 Å². The van der Waals surface area contributed by atoms with Crippen molar-refractivity contribution >= 4 is 0 Å². The van der Waals surface area contributed by atoms with Gasteiger partial charge in [-0.3, -0.25) is 9.80 Å². The predicted octanol–water partition coefficient (Wildman–Crippen LogP) is 3.37. The Morgan fingerprint density at radius 1 is 1.10 bits per heavy atom. The Balaban J connectivity index is 1.47. The van der Waals surface area contributed by atoms with Crippen LogP contribution in [0.25, 0.3) is 0 Å². The third kappa shape index (κ3) is 2.14. The smallest absolute Gasteiger partial charge is 0.0224 e. The van der Waals surface area contributed by atoms with Gasteiger partial charge in [-0.25, -0.2) is 0 Å². The molecule has 6 unspecified atom stereocenters. The van der Waals surface area contributed by atoms with Crippen LogP contribution in [-0.2, 0) is 0 Å². The van der Waals surface area contributed by atoms with E-state index in [1.165, 1.54) is 38.9 Å². The molecular weight excluding hydrogens is 244 g/mol. The molecule has 2 saturated heterocycles. The second-order valence-electron chi connectivity index (χ2n) is 8.13. The molecule has 4 rings (SSSR count). The summed E-state index contributed by atoms with van der Waals surface area (Å²) in [6.45, 7) is 9.07. The van der Waals surface area contributed by atoms with Crippen LogP contribution in [0.5, 0.6) is 0 Å². The molecule has 0 aromatic heterocycles. The first-order valence-corrected chi connectivity index (χ1v) is 9.26. The highest BCUT2D eigenvalue weighted by Crippen LogP contribution is 2.50. The van der Waals surface area contributed by atoms with Crippen LogP contribution in [-0.4, -0.2) is 47.6 Å². The molecule has 4 aliphatic rings. The summed E-state index contributed by atoms with van der Waals surface area (Å²) < 4.78 is 0. The third-order valence-electron chi connectivity index (χ3n) is 7.24. The van der Waals surface area contributed by atoms with E-state index in [0.29, 0.717) is 0 Å². The van der Waals surface area contributed by atoms with Crippen molar-refractivity contribution in [2.45, 2.75) is 76.9 Å². The molecule has 0 aromatic carbocycles. The second kappa shape index (κ2) is 5.28. The van der Waals surface area contributed by atoms with Crippen molar-refractivity contribution in [1.29, 1.82) is 0 Å². The van der Waals surface area contributed by atoms with Crippen LogP contribution in [0.15, 0.2) is 0 Å². The number of fused-ring (bicyclic) bond motifs is 3. The Morgan fingerprint density at radius 2 is 2.00 bits per heavy atom. The van der Waals surface area contributed by atoms with Gasteiger partial charge in [-0.15, -0.1) is 0 Å². The monoisotopic (exact) mass is 276 g/mol. The molecule has 20 heavy (non-hydrogen) atoms. The summed E-state index contributed by atoms with van der Waals surface area (Å²) in [6, 6.07) is 2.57. The molecule has 0 N–H and O–H groups in total. The lowest BCUT2D eigenvalue weighted by Gasteiger charge is -2.48. The highest BCUT2D eigenvalue weighted by atomic mass is 15.3. The van der Waals surface area contributed by atoms with Crippen molar-refractivity contribution in [1.82, 2.24) is 9.80 Å². The molecule has 2 aliphatic heterocycles. The molecule has 2 aliphatic carbocycles. The summed E-state index contributed by atoms with van der Waals surface area (Å²) in [6.07, 6.45) is 10.4. The Hall–Kier alpha value is -0.0800. The van der Waals surface area contributed by atoms with Gasteiger partial charge in [0.25, 0.3) is 0 Å². The minimum absolute atomic E-state index is 0.832. The van der Waals surface area contributed by atoms with Gasteiger partial charge in [-0.2, -0.15) is 0 Å².